The number of fused-ring (bicyclic) bond motifs is 3. The van der Waals surface area contributed by atoms with Gasteiger partial charge in [-0.05, 0) is 38.3 Å². The lowest BCUT2D eigenvalue weighted by Crippen LogP contribution is -2.43. The molecule has 1 atom stereocenters. The van der Waals surface area contributed by atoms with E-state index in [4.69, 9.17) is 0 Å². The molecule has 1 saturated heterocycles. The summed E-state index contributed by atoms with van der Waals surface area (Å²) in [6, 6.07) is 9.87. The second-order valence-corrected chi connectivity index (χ2v) is 7.70. The molecule has 0 saturated carbocycles. The zero-order valence-corrected chi connectivity index (χ0v) is 16.4. The molecule has 1 unspecified atom stereocenters. The SMILES string of the molecule is CC1CCCCN1C(=O)c1cc2c(c3ccccc3n2C)n1C(=O)N(C)C. The zero-order chi connectivity index (χ0) is 19.3. The summed E-state index contributed by atoms with van der Waals surface area (Å²) >= 11 is 0. The molecule has 3 heterocycles. The number of carbonyl (C=O) groups is 2. The van der Waals surface area contributed by atoms with Gasteiger partial charge >= 0.3 is 6.03 Å². The molecule has 2 amide bonds. The van der Waals surface area contributed by atoms with Crippen LogP contribution in [0.3, 0.4) is 0 Å². The van der Waals surface area contributed by atoms with Gasteiger partial charge in [0.1, 0.15) is 5.69 Å². The number of likely N-dealkylation sites (tertiary alicyclic amines) is 1. The van der Waals surface area contributed by atoms with Crippen molar-refractivity contribution >= 4 is 33.9 Å². The summed E-state index contributed by atoms with van der Waals surface area (Å²) in [5.74, 6) is -0.0577. The summed E-state index contributed by atoms with van der Waals surface area (Å²) < 4.78 is 3.65. The number of hydrogen-bond donors (Lipinski definition) is 0. The van der Waals surface area contributed by atoms with Crippen molar-refractivity contribution in [2.75, 3.05) is 20.6 Å². The van der Waals surface area contributed by atoms with Crippen molar-refractivity contribution in [1.29, 1.82) is 0 Å². The highest BCUT2D eigenvalue weighted by atomic mass is 16.2. The molecule has 0 aliphatic carbocycles. The second-order valence-electron chi connectivity index (χ2n) is 7.70. The van der Waals surface area contributed by atoms with Gasteiger partial charge in [-0.3, -0.25) is 9.36 Å². The minimum Gasteiger partial charge on any atom is -0.342 e. The van der Waals surface area contributed by atoms with E-state index >= 15 is 0 Å². The Hall–Kier alpha value is -2.76. The first-order chi connectivity index (χ1) is 12.9. The van der Waals surface area contributed by atoms with Gasteiger partial charge in [-0.15, -0.1) is 0 Å². The van der Waals surface area contributed by atoms with E-state index in [2.05, 4.69) is 11.5 Å². The average molecular weight is 366 g/mol. The number of aromatic nitrogens is 2. The normalized spacial score (nSPS) is 17.6. The number of piperidine rings is 1. The maximum atomic E-state index is 13.4. The van der Waals surface area contributed by atoms with Crippen LogP contribution >= 0.6 is 0 Å². The minimum absolute atomic E-state index is 0.0577. The predicted octanol–water partition coefficient (Wildman–Crippen LogP) is 3.68. The third-order valence-corrected chi connectivity index (χ3v) is 5.72. The molecule has 0 spiro atoms. The van der Waals surface area contributed by atoms with E-state index in [9.17, 15) is 9.59 Å². The molecule has 1 aliphatic rings. The van der Waals surface area contributed by atoms with Crippen molar-refractivity contribution in [3.63, 3.8) is 0 Å². The van der Waals surface area contributed by atoms with Crippen LogP contribution in [0.1, 0.15) is 36.7 Å². The largest absolute Gasteiger partial charge is 0.342 e. The maximum Gasteiger partial charge on any atom is 0.328 e. The minimum atomic E-state index is -0.200. The zero-order valence-electron chi connectivity index (χ0n) is 16.4. The molecule has 1 fully saturated rings. The van der Waals surface area contributed by atoms with Crippen molar-refractivity contribution in [3.8, 4) is 0 Å². The lowest BCUT2D eigenvalue weighted by Gasteiger charge is -2.33. The number of amides is 2. The number of rotatable bonds is 1. The van der Waals surface area contributed by atoms with Crippen molar-refractivity contribution < 1.29 is 9.59 Å². The van der Waals surface area contributed by atoms with Gasteiger partial charge in [0.05, 0.1) is 16.6 Å². The Morgan fingerprint density at radius 2 is 1.85 bits per heavy atom. The van der Waals surface area contributed by atoms with Crippen LogP contribution in [0.4, 0.5) is 4.79 Å². The monoisotopic (exact) mass is 366 g/mol. The topological polar surface area (TPSA) is 50.5 Å². The number of para-hydroxylation sites is 1. The van der Waals surface area contributed by atoms with Crippen LogP contribution in [0, 0.1) is 0 Å². The van der Waals surface area contributed by atoms with Crippen LogP contribution in [-0.4, -0.2) is 57.6 Å². The van der Waals surface area contributed by atoms with E-state index in [-0.39, 0.29) is 18.0 Å². The average Bonchev–Trinajstić information content (AvgIpc) is 3.18. The molecular formula is C21H26N4O2. The Morgan fingerprint density at radius 1 is 1.11 bits per heavy atom. The summed E-state index contributed by atoms with van der Waals surface area (Å²) in [4.78, 5) is 29.9. The highest BCUT2D eigenvalue weighted by molar-refractivity contribution is 6.14. The Bertz CT molecular complexity index is 1040. The lowest BCUT2D eigenvalue weighted by molar-refractivity contribution is 0.0626. The summed E-state index contributed by atoms with van der Waals surface area (Å²) in [5, 5.41) is 0.982. The molecule has 0 bridgehead atoms. The number of benzene rings is 1. The third-order valence-electron chi connectivity index (χ3n) is 5.72. The Kier molecular flexibility index (Phi) is 4.21. The molecule has 0 radical (unpaired) electrons. The first kappa shape index (κ1) is 17.6. The highest BCUT2D eigenvalue weighted by Crippen LogP contribution is 2.32. The Morgan fingerprint density at radius 3 is 2.56 bits per heavy atom. The van der Waals surface area contributed by atoms with Crippen LogP contribution in [0.25, 0.3) is 21.9 Å². The van der Waals surface area contributed by atoms with Crippen molar-refractivity contribution in [3.05, 3.63) is 36.0 Å². The molecule has 1 aliphatic heterocycles. The smallest absolute Gasteiger partial charge is 0.328 e. The predicted molar refractivity (Wildman–Crippen MR) is 107 cm³/mol. The fraction of sp³-hybridized carbons (Fsp3) is 0.429. The Labute approximate surface area is 158 Å². The van der Waals surface area contributed by atoms with Gasteiger partial charge < -0.3 is 14.4 Å². The van der Waals surface area contributed by atoms with E-state index in [0.717, 1.165) is 47.7 Å². The molecule has 3 aromatic rings. The molecule has 0 N–H and O–H groups in total. The van der Waals surface area contributed by atoms with Gasteiger partial charge in [0.25, 0.3) is 5.91 Å². The summed E-state index contributed by atoms with van der Waals surface area (Å²) in [7, 11) is 5.42. The maximum absolute atomic E-state index is 13.4. The van der Waals surface area contributed by atoms with E-state index in [1.807, 2.05) is 42.3 Å². The molecule has 6 nitrogen and oxygen atoms in total. The van der Waals surface area contributed by atoms with Crippen molar-refractivity contribution in [1.82, 2.24) is 18.9 Å². The van der Waals surface area contributed by atoms with Crippen LogP contribution in [0.15, 0.2) is 30.3 Å². The van der Waals surface area contributed by atoms with E-state index in [1.54, 1.807) is 18.7 Å². The van der Waals surface area contributed by atoms with E-state index < -0.39 is 0 Å². The number of hydrogen-bond acceptors (Lipinski definition) is 2. The quantitative estimate of drug-likeness (QED) is 0.660. The fourth-order valence-electron chi connectivity index (χ4n) is 4.21. The van der Waals surface area contributed by atoms with E-state index in [1.165, 1.54) is 4.90 Å². The number of aryl methyl sites for hydroxylation is 1. The first-order valence-corrected chi connectivity index (χ1v) is 9.53. The molecule has 142 valence electrons. The van der Waals surface area contributed by atoms with Crippen LogP contribution in [-0.2, 0) is 7.05 Å². The van der Waals surface area contributed by atoms with Crippen LogP contribution in [0.5, 0.6) is 0 Å². The van der Waals surface area contributed by atoms with Gasteiger partial charge in [0.15, 0.2) is 0 Å². The van der Waals surface area contributed by atoms with Crippen LogP contribution in [0.2, 0.25) is 0 Å². The van der Waals surface area contributed by atoms with Gasteiger partial charge in [-0.2, -0.15) is 0 Å². The lowest BCUT2D eigenvalue weighted by atomic mass is 10.0. The van der Waals surface area contributed by atoms with E-state index in [0.29, 0.717) is 5.69 Å². The molecule has 27 heavy (non-hydrogen) atoms. The summed E-state index contributed by atoms with van der Waals surface area (Å²) in [6.07, 6.45) is 3.17. The third kappa shape index (κ3) is 2.62. The van der Waals surface area contributed by atoms with Crippen molar-refractivity contribution in [2.24, 2.45) is 7.05 Å². The molecule has 6 heteroatoms. The summed E-state index contributed by atoms with van der Waals surface area (Å²) in [5.41, 5.74) is 3.21. The fourth-order valence-corrected chi connectivity index (χ4v) is 4.21. The number of nitrogens with zero attached hydrogens (tertiary/aromatic N) is 4. The van der Waals surface area contributed by atoms with Gasteiger partial charge in [0.2, 0.25) is 0 Å². The molecule has 2 aromatic heterocycles. The number of carbonyl (C=O) groups excluding carboxylic acids is 2. The van der Waals surface area contributed by atoms with Gasteiger partial charge in [-0.1, -0.05) is 18.2 Å². The molecule has 1 aromatic carbocycles. The molecule has 4 rings (SSSR count). The standard InChI is InChI=1S/C21H26N4O2/c1-14-9-7-8-12-24(14)20(26)18-13-17-19(25(18)21(27)22(2)3)15-10-5-6-11-16(15)23(17)4/h5-6,10-11,13-14H,7-9,12H2,1-4H3. The van der Waals surface area contributed by atoms with Crippen molar-refractivity contribution in [2.45, 2.75) is 32.2 Å². The summed E-state index contributed by atoms with van der Waals surface area (Å²) in [6.45, 7) is 2.84. The van der Waals surface area contributed by atoms with Crippen LogP contribution < -0.4 is 0 Å². The van der Waals surface area contributed by atoms with Gasteiger partial charge in [0, 0.05) is 39.1 Å². The second kappa shape index (κ2) is 6.44. The highest BCUT2D eigenvalue weighted by Gasteiger charge is 2.31. The molecular weight excluding hydrogens is 340 g/mol. The van der Waals surface area contributed by atoms with Gasteiger partial charge in [-0.25, -0.2) is 4.79 Å². The Balaban J connectivity index is 1.97. The first-order valence-electron chi connectivity index (χ1n) is 9.53.